The molecule has 0 bridgehead atoms. The van der Waals surface area contributed by atoms with Crippen LogP contribution in [0.5, 0.6) is 0 Å². The Morgan fingerprint density at radius 2 is 1.93 bits per heavy atom. The molecule has 3 rings (SSSR count). The number of nitrogens with zero attached hydrogens (tertiary/aromatic N) is 2. The third-order valence-electron chi connectivity index (χ3n) is 4.92. The van der Waals surface area contributed by atoms with E-state index in [1.165, 1.54) is 0 Å². The number of amides is 1. The second kappa shape index (κ2) is 7.51. The SMILES string of the molecule is CC(C)(C)C(=O)N1CC[C@H](Cc2cccc(-c3cccc(C(=O)O)c3)n2)C1. The van der Waals surface area contributed by atoms with Crippen molar-refractivity contribution in [2.24, 2.45) is 11.3 Å². The highest BCUT2D eigenvalue weighted by Gasteiger charge is 2.32. The molecule has 0 radical (unpaired) electrons. The summed E-state index contributed by atoms with van der Waals surface area (Å²) < 4.78 is 0. The fourth-order valence-corrected chi connectivity index (χ4v) is 3.52. The molecule has 0 unspecified atom stereocenters. The largest absolute Gasteiger partial charge is 0.478 e. The minimum absolute atomic E-state index is 0.206. The van der Waals surface area contributed by atoms with Crippen molar-refractivity contribution in [1.82, 2.24) is 9.88 Å². The van der Waals surface area contributed by atoms with E-state index >= 15 is 0 Å². The van der Waals surface area contributed by atoms with Gasteiger partial charge in [-0.15, -0.1) is 0 Å². The summed E-state index contributed by atoms with van der Waals surface area (Å²) in [5.74, 6) is -0.329. The van der Waals surface area contributed by atoms with Crippen LogP contribution in [0, 0.1) is 11.3 Å². The molecule has 1 atom stereocenters. The Bertz CT molecular complexity index is 855. The zero-order valence-electron chi connectivity index (χ0n) is 16.1. The molecule has 142 valence electrons. The number of carboxylic acid groups (broad SMARTS) is 1. The summed E-state index contributed by atoms with van der Waals surface area (Å²) in [5, 5.41) is 9.17. The monoisotopic (exact) mass is 366 g/mol. The summed E-state index contributed by atoms with van der Waals surface area (Å²) in [6.45, 7) is 7.45. The second-order valence-corrected chi connectivity index (χ2v) is 8.26. The highest BCUT2D eigenvalue weighted by atomic mass is 16.4. The van der Waals surface area contributed by atoms with E-state index in [4.69, 9.17) is 4.98 Å². The summed E-state index contributed by atoms with van der Waals surface area (Å²) >= 11 is 0. The molecule has 0 aliphatic carbocycles. The van der Waals surface area contributed by atoms with Gasteiger partial charge in [-0.3, -0.25) is 9.78 Å². The van der Waals surface area contributed by atoms with Gasteiger partial charge in [0.15, 0.2) is 0 Å². The molecule has 2 heterocycles. The Kier molecular flexibility index (Phi) is 5.31. The van der Waals surface area contributed by atoms with Gasteiger partial charge in [0.25, 0.3) is 0 Å². The zero-order valence-corrected chi connectivity index (χ0v) is 16.1. The number of hydrogen-bond acceptors (Lipinski definition) is 3. The lowest BCUT2D eigenvalue weighted by molar-refractivity contribution is -0.138. The molecule has 27 heavy (non-hydrogen) atoms. The van der Waals surface area contributed by atoms with Crippen molar-refractivity contribution in [2.45, 2.75) is 33.6 Å². The van der Waals surface area contributed by atoms with Crippen LogP contribution in [0.3, 0.4) is 0 Å². The van der Waals surface area contributed by atoms with E-state index in [1.54, 1.807) is 18.2 Å². The van der Waals surface area contributed by atoms with Crippen molar-refractivity contribution in [3.63, 3.8) is 0 Å². The molecule has 0 saturated carbocycles. The summed E-state index contributed by atoms with van der Waals surface area (Å²) in [6, 6.07) is 12.7. The van der Waals surface area contributed by atoms with Crippen molar-refractivity contribution in [1.29, 1.82) is 0 Å². The van der Waals surface area contributed by atoms with Gasteiger partial charge in [-0.25, -0.2) is 4.79 Å². The van der Waals surface area contributed by atoms with Gasteiger partial charge in [0, 0.05) is 29.8 Å². The van der Waals surface area contributed by atoms with E-state index in [9.17, 15) is 14.7 Å². The number of carbonyl (C=O) groups excluding carboxylic acids is 1. The molecule has 1 fully saturated rings. The van der Waals surface area contributed by atoms with Crippen LogP contribution in [0.15, 0.2) is 42.5 Å². The molecular weight excluding hydrogens is 340 g/mol. The number of carbonyl (C=O) groups is 2. The van der Waals surface area contributed by atoms with E-state index in [-0.39, 0.29) is 16.9 Å². The fourth-order valence-electron chi connectivity index (χ4n) is 3.52. The number of aromatic carboxylic acids is 1. The van der Waals surface area contributed by atoms with Crippen LogP contribution in [0.2, 0.25) is 0 Å². The molecule has 2 aromatic rings. The third-order valence-corrected chi connectivity index (χ3v) is 4.92. The first kappa shape index (κ1) is 19.1. The van der Waals surface area contributed by atoms with Crippen LogP contribution in [-0.2, 0) is 11.2 Å². The van der Waals surface area contributed by atoms with Crippen LogP contribution < -0.4 is 0 Å². The number of pyridine rings is 1. The van der Waals surface area contributed by atoms with Gasteiger partial charge in [0.05, 0.1) is 11.3 Å². The number of benzene rings is 1. The quantitative estimate of drug-likeness (QED) is 0.891. The summed E-state index contributed by atoms with van der Waals surface area (Å²) in [7, 11) is 0. The Hall–Kier alpha value is -2.69. The Morgan fingerprint density at radius 1 is 1.19 bits per heavy atom. The van der Waals surface area contributed by atoms with E-state index in [1.807, 2.05) is 49.9 Å². The number of likely N-dealkylation sites (tertiary alicyclic amines) is 1. The molecule has 5 nitrogen and oxygen atoms in total. The third kappa shape index (κ3) is 4.54. The maximum absolute atomic E-state index is 12.5. The lowest BCUT2D eigenvalue weighted by Crippen LogP contribution is -2.38. The average Bonchev–Trinajstić information content (AvgIpc) is 3.09. The van der Waals surface area contributed by atoms with Crippen LogP contribution in [-0.4, -0.2) is 40.0 Å². The minimum atomic E-state index is -0.942. The fraction of sp³-hybridized carbons (Fsp3) is 0.409. The standard InChI is InChI=1S/C22H26N2O3/c1-22(2,3)21(27)24-11-10-15(14-24)12-18-8-5-9-19(23-18)16-6-4-7-17(13-16)20(25)26/h4-9,13,15H,10-12,14H2,1-3H3,(H,25,26)/t15-/m1/s1. The van der Waals surface area contributed by atoms with Crippen molar-refractivity contribution in [2.75, 3.05) is 13.1 Å². The molecule has 1 saturated heterocycles. The summed E-state index contributed by atoms with van der Waals surface area (Å²) in [5.41, 5.74) is 2.46. The Morgan fingerprint density at radius 3 is 2.63 bits per heavy atom. The maximum atomic E-state index is 12.5. The van der Waals surface area contributed by atoms with Gasteiger partial charge in [-0.2, -0.15) is 0 Å². The van der Waals surface area contributed by atoms with Gasteiger partial charge >= 0.3 is 5.97 Å². The number of hydrogen-bond donors (Lipinski definition) is 1. The molecule has 5 heteroatoms. The van der Waals surface area contributed by atoms with Crippen molar-refractivity contribution >= 4 is 11.9 Å². The molecule has 1 aromatic heterocycles. The molecule has 1 amide bonds. The zero-order chi connectivity index (χ0) is 19.6. The Labute approximate surface area is 160 Å². The molecule has 1 aliphatic heterocycles. The van der Waals surface area contributed by atoms with Crippen molar-refractivity contribution in [3.8, 4) is 11.3 Å². The summed E-state index contributed by atoms with van der Waals surface area (Å²) in [6.07, 6.45) is 1.81. The second-order valence-electron chi connectivity index (χ2n) is 8.26. The van der Waals surface area contributed by atoms with Gasteiger partial charge < -0.3 is 10.0 Å². The van der Waals surface area contributed by atoms with Gasteiger partial charge in [0.1, 0.15) is 0 Å². The van der Waals surface area contributed by atoms with Crippen molar-refractivity contribution < 1.29 is 14.7 Å². The van der Waals surface area contributed by atoms with Gasteiger partial charge in [-0.05, 0) is 43.0 Å². The highest BCUT2D eigenvalue weighted by molar-refractivity contribution is 5.89. The first-order chi connectivity index (χ1) is 12.7. The first-order valence-corrected chi connectivity index (χ1v) is 9.33. The lowest BCUT2D eigenvalue weighted by Gasteiger charge is -2.25. The van der Waals surface area contributed by atoms with Crippen molar-refractivity contribution in [3.05, 3.63) is 53.7 Å². The smallest absolute Gasteiger partial charge is 0.335 e. The molecule has 0 spiro atoms. The molecule has 1 N–H and O–H groups in total. The van der Waals surface area contributed by atoms with Gasteiger partial charge in [0.2, 0.25) is 5.91 Å². The van der Waals surface area contributed by atoms with Crippen LogP contribution in [0.4, 0.5) is 0 Å². The maximum Gasteiger partial charge on any atom is 0.335 e. The van der Waals surface area contributed by atoms with Crippen LogP contribution >= 0.6 is 0 Å². The highest BCUT2D eigenvalue weighted by Crippen LogP contribution is 2.26. The van der Waals surface area contributed by atoms with Crippen LogP contribution in [0.25, 0.3) is 11.3 Å². The molecule has 1 aromatic carbocycles. The first-order valence-electron chi connectivity index (χ1n) is 9.33. The normalized spacial score (nSPS) is 17.1. The van der Waals surface area contributed by atoms with E-state index < -0.39 is 5.97 Å². The Balaban J connectivity index is 1.71. The van der Waals surface area contributed by atoms with E-state index in [2.05, 4.69) is 0 Å². The minimum Gasteiger partial charge on any atom is -0.478 e. The lowest BCUT2D eigenvalue weighted by atomic mass is 9.95. The molecular formula is C22H26N2O3. The topological polar surface area (TPSA) is 70.5 Å². The number of carboxylic acids is 1. The van der Waals surface area contributed by atoms with E-state index in [0.717, 1.165) is 42.9 Å². The van der Waals surface area contributed by atoms with Crippen LogP contribution in [0.1, 0.15) is 43.2 Å². The van der Waals surface area contributed by atoms with Gasteiger partial charge in [-0.1, -0.05) is 39.0 Å². The predicted octanol–water partition coefficient (Wildman–Crippen LogP) is 3.88. The molecule has 1 aliphatic rings. The predicted molar refractivity (Wildman–Crippen MR) is 104 cm³/mol. The summed E-state index contributed by atoms with van der Waals surface area (Å²) in [4.78, 5) is 30.3. The number of rotatable bonds is 4. The number of aromatic nitrogens is 1. The van der Waals surface area contributed by atoms with E-state index in [0.29, 0.717) is 5.92 Å². The average molecular weight is 366 g/mol.